The number of aromatic nitrogens is 2. The SMILES string of the molecule is COc1ccc(F)c(-c2nc(CN(C)C(C)c3ccon3)c(C)o2)c1. The lowest BCUT2D eigenvalue weighted by Crippen LogP contribution is -2.22. The minimum atomic E-state index is -0.405. The van der Waals surface area contributed by atoms with Gasteiger partial charge in [0.2, 0.25) is 5.89 Å². The van der Waals surface area contributed by atoms with Gasteiger partial charge >= 0.3 is 0 Å². The topological polar surface area (TPSA) is 64.5 Å². The van der Waals surface area contributed by atoms with Crippen molar-refractivity contribution in [2.24, 2.45) is 0 Å². The van der Waals surface area contributed by atoms with Gasteiger partial charge in [-0.15, -0.1) is 0 Å². The molecule has 0 N–H and O–H groups in total. The first-order valence-corrected chi connectivity index (χ1v) is 7.90. The molecule has 0 aliphatic heterocycles. The zero-order valence-corrected chi connectivity index (χ0v) is 14.6. The standard InChI is InChI=1S/C18H20FN3O3/c1-11(16-7-8-24-21-16)22(3)10-17-12(2)25-18(20-17)14-9-13(23-4)5-6-15(14)19/h5-9,11H,10H2,1-4H3. The fourth-order valence-corrected chi connectivity index (χ4v) is 2.52. The van der Waals surface area contributed by atoms with Gasteiger partial charge < -0.3 is 13.7 Å². The van der Waals surface area contributed by atoms with Crippen molar-refractivity contribution in [1.82, 2.24) is 15.0 Å². The number of halogens is 1. The Labute approximate surface area is 145 Å². The van der Waals surface area contributed by atoms with Crippen molar-refractivity contribution in [3.63, 3.8) is 0 Å². The minimum Gasteiger partial charge on any atom is -0.497 e. The molecule has 25 heavy (non-hydrogen) atoms. The molecule has 1 atom stereocenters. The minimum absolute atomic E-state index is 0.0480. The lowest BCUT2D eigenvalue weighted by Gasteiger charge is -2.21. The molecule has 2 aromatic heterocycles. The van der Waals surface area contributed by atoms with E-state index in [4.69, 9.17) is 13.7 Å². The molecule has 132 valence electrons. The van der Waals surface area contributed by atoms with E-state index in [0.29, 0.717) is 18.1 Å². The molecule has 3 rings (SSSR count). The van der Waals surface area contributed by atoms with Crippen LogP contribution in [0.4, 0.5) is 4.39 Å². The summed E-state index contributed by atoms with van der Waals surface area (Å²) in [6.07, 6.45) is 1.55. The summed E-state index contributed by atoms with van der Waals surface area (Å²) in [5.74, 6) is 1.03. The Morgan fingerprint density at radius 1 is 1.32 bits per heavy atom. The largest absolute Gasteiger partial charge is 0.497 e. The fourth-order valence-electron chi connectivity index (χ4n) is 2.52. The second-order valence-corrected chi connectivity index (χ2v) is 5.88. The number of aryl methyl sites for hydroxylation is 1. The molecule has 2 heterocycles. The lowest BCUT2D eigenvalue weighted by molar-refractivity contribution is 0.237. The highest BCUT2D eigenvalue weighted by atomic mass is 19.1. The monoisotopic (exact) mass is 345 g/mol. The summed E-state index contributed by atoms with van der Waals surface area (Å²) in [7, 11) is 3.49. The number of benzene rings is 1. The highest BCUT2D eigenvalue weighted by Gasteiger charge is 2.20. The summed E-state index contributed by atoms with van der Waals surface area (Å²) in [4.78, 5) is 6.54. The molecule has 1 aromatic carbocycles. The van der Waals surface area contributed by atoms with Crippen molar-refractivity contribution in [3.8, 4) is 17.2 Å². The third kappa shape index (κ3) is 3.56. The maximum atomic E-state index is 14.1. The van der Waals surface area contributed by atoms with Crippen LogP contribution in [0.3, 0.4) is 0 Å². The predicted octanol–water partition coefficient (Wildman–Crippen LogP) is 3.98. The van der Waals surface area contributed by atoms with Crippen LogP contribution in [0.2, 0.25) is 0 Å². The third-order valence-electron chi connectivity index (χ3n) is 4.24. The Balaban J connectivity index is 1.83. The third-order valence-corrected chi connectivity index (χ3v) is 4.24. The van der Waals surface area contributed by atoms with Crippen molar-refractivity contribution in [3.05, 3.63) is 53.5 Å². The molecular formula is C18H20FN3O3. The van der Waals surface area contributed by atoms with E-state index < -0.39 is 5.82 Å². The normalized spacial score (nSPS) is 12.6. The highest BCUT2D eigenvalue weighted by molar-refractivity contribution is 5.57. The molecule has 0 saturated carbocycles. The Bertz CT molecular complexity index is 845. The Morgan fingerprint density at radius 3 is 2.80 bits per heavy atom. The number of rotatable bonds is 6. The first-order chi connectivity index (χ1) is 12.0. The molecule has 0 aliphatic rings. The van der Waals surface area contributed by atoms with Crippen molar-refractivity contribution in [2.75, 3.05) is 14.2 Å². The summed E-state index contributed by atoms with van der Waals surface area (Å²) >= 11 is 0. The number of oxazole rings is 1. The van der Waals surface area contributed by atoms with Gasteiger partial charge in [0, 0.05) is 12.6 Å². The van der Waals surface area contributed by atoms with E-state index in [1.165, 1.54) is 13.2 Å². The number of nitrogens with zero attached hydrogens (tertiary/aromatic N) is 3. The molecule has 0 bridgehead atoms. The van der Waals surface area contributed by atoms with Crippen LogP contribution in [0, 0.1) is 12.7 Å². The molecule has 6 nitrogen and oxygen atoms in total. The van der Waals surface area contributed by atoms with E-state index in [-0.39, 0.29) is 17.5 Å². The maximum absolute atomic E-state index is 14.1. The molecule has 7 heteroatoms. The summed E-state index contributed by atoms with van der Waals surface area (Å²) in [5.41, 5.74) is 1.86. The number of methoxy groups -OCH3 is 1. The van der Waals surface area contributed by atoms with Gasteiger partial charge in [-0.05, 0) is 39.1 Å². The van der Waals surface area contributed by atoms with Crippen LogP contribution in [0.1, 0.15) is 30.1 Å². The first kappa shape index (κ1) is 17.2. The van der Waals surface area contributed by atoms with Crippen LogP contribution in [0.15, 0.2) is 39.5 Å². The maximum Gasteiger partial charge on any atom is 0.229 e. The van der Waals surface area contributed by atoms with E-state index in [1.807, 2.05) is 27.0 Å². The van der Waals surface area contributed by atoms with E-state index in [1.54, 1.807) is 18.4 Å². The summed E-state index contributed by atoms with van der Waals surface area (Å²) < 4.78 is 29.8. The van der Waals surface area contributed by atoms with E-state index in [0.717, 1.165) is 11.4 Å². The molecule has 0 amide bonds. The average Bonchev–Trinajstić information content (AvgIpc) is 3.25. The molecule has 0 saturated heterocycles. The van der Waals surface area contributed by atoms with E-state index in [9.17, 15) is 4.39 Å². The van der Waals surface area contributed by atoms with Crippen molar-refractivity contribution < 1.29 is 18.1 Å². The fraction of sp³-hybridized carbons (Fsp3) is 0.333. The Morgan fingerprint density at radius 2 is 2.12 bits per heavy atom. The van der Waals surface area contributed by atoms with Gasteiger partial charge in [-0.2, -0.15) is 0 Å². The summed E-state index contributed by atoms with van der Waals surface area (Å²) in [6.45, 7) is 4.38. The average molecular weight is 345 g/mol. The second kappa shape index (κ2) is 7.06. The second-order valence-electron chi connectivity index (χ2n) is 5.88. The Hall–Kier alpha value is -2.67. The van der Waals surface area contributed by atoms with Crippen LogP contribution in [0.25, 0.3) is 11.5 Å². The predicted molar refractivity (Wildman–Crippen MR) is 89.6 cm³/mol. The van der Waals surface area contributed by atoms with Gasteiger partial charge in [-0.25, -0.2) is 9.37 Å². The summed E-state index contributed by atoms with van der Waals surface area (Å²) in [6, 6.07) is 6.35. The van der Waals surface area contributed by atoms with Crippen LogP contribution >= 0.6 is 0 Å². The first-order valence-electron chi connectivity index (χ1n) is 7.90. The van der Waals surface area contributed by atoms with Crippen LogP contribution in [0.5, 0.6) is 5.75 Å². The van der Waals surface area contributed by atoms with Gasteiger partial charge in [0.1, 0.15) is 29.3 Å². The number of hydrogen-bond donors (Lipinski definition) is 0. The molecule has 0 spiro atoms. The van der Waals surface area contributed by atoms with Gasteiger partial charge in [0.15, 0.2) is 0 Å². The zero-order chi connectivity index (χ0) is 18.0. The van der Waals surface area contributed by atoms with Crippen molar-refractivity contribution in [2.45, 2.75) is 26.4 Å². The number of ether oxygens (including phenoxy) is 1. The molecular weight excluding hydrogens is 325 g/mol. The van der Waals surface area contributed by atoms with E-state index in [2.05, 4.69) is 15.0 Å². The quantitative estimate of drug-likeness (QED) is 0.673. The van der Waals surface area contributed by atoms with Crippen LogP contribution < -0.4 is 4.74 Å². The van der Waals surface area contributed by atoms with Gasteiger partial charge in [0.05, 0.1) is 24.4 Å². The smallest absolute Gasteiger partial charge is 0.229 e. The number of hydrogen-bond acceptors (Lipinski definition) is 6. The van der Waals surface area contributed by atoms with Gasteiger partial charge in [-0.1, -0.05) is 5.16 Å². The molecule has 1 unspecified atom stereocenters. The summed E-state index contributed by atoms with van der Waals surface area (Å²) in [5, 5.41) is 3.96. The highest BCUT2D eigenvalue weighted by Crippen LogP contribution is 2.29. The van der Waals surface area contributed by atoms with Crippen molar-refractivity contribution in [1.29, 1.82) is 0 Å². The Kier molecular flexibility index (Phi) is 4.85. The van der Waals surface area contributed by atoms with Gasteiger partial charge in [0.25, 0.3) is 0 Å². The lowest BCUT2D eigenvalue weighted by atomic mass is 10.2. The molecule has 3 aromatic rings. The zero-order valence-electron chi connectivity index (χ0n) is 14.6. The van der Waals surface area contributed by atoms with Crippen molar-refractivity contribution >= 4 is 0 Å². The molecule has 0 aliphatic carbocycles. The van der Waals surface area contributed by atoms with Crippen LogP contribution in [-0.2, 0) is 6.54 Å². The molecule has 0 radical (unpaired) electrons. The van der Waals surface area contributed by atoms with Gasteiger partial charge in [-0.3, -0.25) is 4.90 Å². The molecule has 0 fully saturated rings. The van der Waals surface area contributed by atoms with E-state index >= 15 is 0 Å². The van der Waals surface area contributed by atoms with Crippen LogP contribution in [-0.4, -0.2) is 29.2 Å².